The van der Waals surface area contributed by atoms with Crippen LogP contribution in [-0.2, 0) is 24.0 Å². The minimum Gasteiger partial charge on any atom is -0.494 e. The number of piperazine rings is 1. The maximum atomic E-state index is 11.6. The number of rotatable bonds is 11. The number of amides is 1. The average molecular weight is 1020 g/mol. The number of carbonyl (C=O) groups is 5. The summed E-state index contributed by atoms with van der Waals surface area (Å²) in [6.07, 6.45) is -18.3. The van der Waals surface area contributed by atoms with Gasteiger partial charge >= 0.3 is 48.6 Å². The van der Waals surface area contributed by atoms with Gasteiger partial charge in [0.2, 0.25) is 5.91 Å². The summed E-state index contributed by atoms with van der Waals surface area (Å²) in [5, 5.41) is 31.3. The minimum atomic E-state index is -5.08. The molecule has 1 amide bonds. The van der Waals surface area contributed by atoms with E-state index in [0.717, 1.165) is 89.6 Å². The molecule has 0 bridgehead atoms. The third-order valence-electron chi connectivity index (χ3n) is 8.72. The number of likely N-dealkylation sites (N-methyl/N-ethyl adjacent to an activating group) is 1. The molecule has 30 heteroatoms. The number of alkyl halides is 12. The van der Waals surface area contributed by atoms with Crippen molar-refractivity contribution in [3.63, 3.8) is 0 Å². The molecular weight excluding hydrogens is 980 g/mol. The Morgan fingerprint density at radius 2 is 1.04 bits per heavy atom. The second kappa shape index (κ2) is 25.8. The Morgan fingerprint density at radius 3 is 1.49 bits per heavy atom. The van der Waals surface area contributed by atoms with Crippen LogP contribution in [0, 0.1) is 0 Å². The van der Waals surface area contributed by atoms with Crippen LogP contribution in [-0.4, -0.2) is 153 Å². The number of aromatic nitrogens is 4. The summed E-state index contributed by atoms with van der Waals surface area (Å²) in [7, 11) is 2.17. The number of aromatic amines is 2. The molecule has 0 unspecified atom stereocenters. The van der Waals surface area contributed by atoms with E-state index in [1.54, 1.807) is 0 Å². The van der Waals surface area contributed by atoms with Gasteiger partial charge in [-0.05, 0) is 80.6 Å². The number of nitrogens with zero attached hydrogens (tertiary/aromatic N) is 4. The van der Waals surface area contributed by atoms with Gasteiger partial charge in [-0.1, -0.05) is 0 Å². The Labute approximate surface area is 386 Å². The van der Waals surface area contributed by atoms with Crippen LogP contribution in [0.4, 0.5) is 58.4 Å². The highest BCUT2D eigenvalue weighted by atomic mass is 19.4. The zero-order valence-corrected chi connectivity index (χ0v) is 36.0. The lowest BCUT2D eigenvalue weighted by atomic mass is 10.2. The third-order valence-corrected chi connectivity index (χ3v) is 8.72. The normalized spacial score (nSPS) is 13.0. The summed E-state index contributed by atoms with van der Waals surface area (Å²) in [5.74, 6) is -8.55. The Morgan fingerprint density at radius 1 is 0.629 bits per heavy atom. The molecule has 0 saturated carbocycles. The number of anilines is 1. The summed E-state index contributed by atoms with van der Waals surface area (Å²) in [5.41, 5.74) is 12.5. The third kappa shape index (κ3) is 20.5. The second-order valence-electron chi connectivity index (χ2n) is 14.1. The number of aliphatic carboxylic acids is 4. The number of fused-ring (bicyclic) bond motifs is 2. The fraction of sp³-hybridized carbons (Fsp3) is 0.375. The molecule has 0 aliphatic carbocycles. The molecule has 1 saturated heterocycles. The van der Waals surface area contributed by atoms with Crippen LogP contribution in [0.15, 0.2) is 60.7 Å². The van der Waals surface area contributed by atoms with E-state index in [1.165, 1.54) is 5.69 Å². The van der Waals surface area contributed by atoms with Crippen LogP contribution in [0.1, 0.15) is 19.3 Å². The summed E-state index contributed by atoms with van der Waals surface area (Å²) in [6.45, 7) is 5.78. The predicted molar refractivity (Wildman–Crippen MR) is 223 cm³/mol. The molecule has 3 heterocycles. The number of benzene rings is 3. The number of H-pyrrole nitrogens is 2. The van der Waals surface area contributed by atoms with Gasteiger partial charge in [-0.25, -0.2) is 29.1 Å². The van der Waals surface area contributed by atoms with Crippen LogP contribution in [0.3, 0.4) is 0 Å². The topological polar surface area (TPSA) is 277 Å². The maximum absolute atomic E-state index is 11.6. The van der Waals surface area contributed by atoms with Crippen molar-refractivity contribution in [1.29, 1.82) is 0 Å². The smallest absolute Gasteiger partial charge is 0.490 e. The molecule has 6 rings (SSSR count). The van der Waals surface area contributed by atoms with Gasteiger partial charge in [-0.3, -0.25) is 4.79 Å². The Kier molecular flexibility index (Phi) is 21.7. The number of unbranched alkanes of at least 4 members (excludes halogenated alkanes) is 1. The number of imidazole rings is 2. The van der Waals surface area contributed by atoms with Crippen LogP contribution >= 0.6 is 0 Å². The van der Waals surface area contributed by atoms with E-state index in [-0.39, 0.29) is 5.91 Å². The van der Waals surface area contributed by atoms with Crippen molar-refractivity contribution < 1.29 is 102 Å². The van der Waals surface area contributed by atoms with E-state index in [9.17, 15) is 57.5 Å². The first-order valence-corrected chi connectivity index (χ1v) is 19.7. The summed E-state index contributed by atoms with van der Waals surface area (Å²) < 4.78 is 133. The monoisotopic (exact) mass is 1020 g/mol. The van der Waals surface area contributed by atoms with Crippen molar-refractivity contribution >= 4 is 57.5 Å². The number of carbonyl (C=O) groups excluding carboxylic acids is 1. The van der Waals surface area contributed by atoms with Gasteiger partial charge < -0.3 is 56.0 Å². The molecule has 5 aromatic rings. The number of ether oxygens (including phenoxy) is 1. The van der Waals surface area contributed by atoms with Gasteiger partial charge in [0.25, 0.3) is 0 Å². The molecular formula is C40H42F12N8O10. The number of carboxylic acids is 4. The van der Waals surface area contributed by atoms with Crippen molar-refractivity contribution in [3.8, 4) is 28.5 Å². The molecule has 3 aromatic carbocycles. The number of nitrogens with one attached hydrogen (secondary N) is 3. The van der Waals surface area contributed by atoms with Crippen molar-refractivity contribution in [2.75, 3.05) is 57.8 Å². The molecule has 18 nitrogen and oxygen atoms in total. The van der Waals surface area contributed by atoms with E-state index in [1.807, 2.05) is 30.3 Å². The minimum absolute atomic E-state index is 0.0376. The first-order valence-electron chi connectivity index (χ1n) is 19.7. The Balaban J connectivity index is 0.000000487. The zero-order chi connectivity index (χ0) is 53.2. The summed E-state index contributed by atoms with van der Waals surface area (Å²) in [4.78, 5) is 68.7. The van der Waals surface area contributed by atoms with Crippen molar-refractivity contribution in [2.45, 2.75) is 44.0 Å². The molecule has 1 aliphatic heterocycles. The second-order valence-corrected chi connectivity index (χ2v) is 14.1. The number of carboxylic acid groups (broad SMARTS) is 4. The molecule has 1 fully saturated rings. The molecule has 2 aromatic heterocycles. The number of hydrogen-bond acceptors (Lipinski definition) is 11. The summed E-state index contributed by atoms with van der Waals surface area (Å²) >= 11 is 0. The van der Waals surface area contributed by atoms with Gasteiger partial charge in [0.1, 0.15) is 17.4 Å². The van der Waals surface area contributed by atoms with E-state index in [2.05, 4.69) is 62.5 Å². The highest BCUT2D eigenvalue weighted by molar-refractivity contribution is 5.87. The standard InChI is InChI=1S/C32H38N8O2.4C2HF3O2/c1-39-15-17-40(18-16-39)24-8-12-27-29(21-24)38-32(36-27)23-7-11-26-28(20-23)37-31(35-26)22-5-9-25(10-6-22)42-19-3-2-4-30(41)34-14-13-33;4*3-2(4,5)1(6)7/h5-12,20-21H,2-4,13-19,33H2,1H3,(H,34,41)(H,35,37)(H,36,38);4*(H,6,7). The van der Waals surface area contributed by atoms with E-state index < -0.39 is 48.6 Å². The SMILES string of the molecule is CN1CCN(c2ccc3nc(-c4ccc5nc(-c6ccc(OCCCCC(=O)NCCN)cc6)[nH]c5c4)[nH]c3c2)CC1.O=C(O)C(F)(F)F.O=C(O)C(F)(F)F.O=C(O)C(F)(F)F.O=C(O)C(F)(F)F. The number of nitrogens with two attached hydrogens (primary N) is 1. The van der Waals surface area contributed by atoms with E-state index in [4.69, 9.17) is 60.0 Å². The molecule has 0 atom stereocenters. The largest absolute Gasteiger partial charge is 0.494 e. The van der Waals surface area contributed by atoms with Crippen molar-refractivity contribution in [2.24, 2.45) is 5.73 Å². The number of hydrogen-bond donors (Lipinski definition) is 8. The van der Waals surface area contributed by atoms with Crippen LogP contribution in [0.2, 0.25) is 0 Å². The van der Waals surface area contributed by atoms with Gasteiger partial charge in [0, 0.05) is 62.5 Å². The average Bonchev–Trinajstić information content (AvgIpc) is 3.90. The maximum Gasteiger partial charge on any atom is 0.490 e. The van der Waals surface area contributed by atoms with Gasteiger partial charge in [0.15, 0.2) is 0 Å². The van der Waals surface area contributed by atoms with Crippen LogP contribution < -0.4 is 20.7 Å². The number of halogens is 12. The molecule has 0 radical (unpaired) electrons. The highest BCUT2D eigenvalue weighted by Crippen LogP contribution is 2.29. The zero-order valence-electron chi connectivity index (χ0n) is 36.0. The fourth-order valence-corrected chi connectivity index (χ4v) is 5.28. The van der Waals surface area contributed by atoms with Crippen molar-refractivity contribution in [1.82, 2.24) is 30.2 Å². The quantitative estimate of drug-likeness (QED) is 0.0506. The highest BCUT2D eigenvalue weighted by Gasteiger charge is 2.40. The van der Waals surface area contributed by atoms with E-state index >= 15 is 0 Å². The molecule has 1 aliphatic rings. The Hall–Kier alpha value is -7.37. The first-order chi connectivity index (χ1) is 32.3. The molecule has 0 spiro atoms. The lowest BCUT2D eigenvalue weighted by Crippen LogP contribution is -2.44. The fourth-order valence-electron chi connectivity index (χ4n) is 5.28. The lowest BCUT2D eigenvalue weighted by Gasteiger charge is -2.34. The van der Waals surface area contributed by atoms with Crippen LogP contribution in [0.25, 0.3) is 44.8 Å². The van der Waals surface area contributed by atoms with Gasteiger partial charge in [-0.2, -0.15) is 52.7 Å². The summed E-state index contributed by atoms with van der Waals surface area (Å²) in [6, 6.07) is 20.6. The van der Waals surface area contributed by atoms with Crippen LogP contribution in [0.5, 0.6) is 5.75 Å². The molecule has 9 N–H and O–H groups in total. The predicted octanol–water partition coefficient (Wildman–Crippen LogP) is 6.68. The van der Waals surface area contributed by atoms with E-state index in [0.29, 0.717) is 26.1 Å². The van der Waals surface area contributed by atoms with Gasteiger partial charge in [0.05, 0.1) is 28.7 Å². The molecule has 386 valence electrons. The first kappa shape index (κ1) is 58.8. The van der Waals surface area contributed by atoms with Gasteiger partial charge in [-0.15, -0.1) is 0 Å². The van der Waals surface area contributed by atoms with Crippen molar-refractivity contribution in [3.05, 3.63) is 60.7 Å². The lowest BCUT2D eigenvalue weighted by molar-refractivity contribution is -0.193. The Bertz CT molecular complexity index is 2410. The molecule has 70 heavy (non-hydrogen) atoms.